The summed E-state index contributed by atoms with van der Waals surface area (Å²) in [5.41, 5.74) is 11.5. The van der Waals surface area contributed by atoms with Gasteiger partial charge in [-0.15, -0.1) is 0 Å². The van der Waals surface area contributed by atoms with Gasteiger partial charge in [-0.2, -0.15) is 5.10 Å². The molecule has 4 heterocycles. The highest BCUT2D eigenvalue weighted by molar-refractivity contribution is 5.94. The van der Waals surface area contributed by atoms with Gasteiger partial charge in [-0.3, -0.25) is 9.48 Å². The number of amides is 1. The molecule has 0 spiro atoms. The Hall–Kier alpha value is -3.49. The summed E-state index contributed by atoms with van der Waals surface area (Å²) in [6, 6.07) is 1.96. The predicted octanol–water partition coefficient (Wildman–Crippen LogP) is 2.19. The Balaban J connectivity index is 1.12. The van der Waals surface area contributed by atoms with Crippen LogP contribution in [-0.2, 0) is 13.0 Å². The molecule has 9 nitrogen and oxygen atoms in total. The molecular formula is C24H28N8O. The number of anilines is 2. The van der Waals surface area contributed by atoms with Gasteiger partial charge in [0.1, 0.15) is 5.82 Å². The molecule has 3 aromatic heterocycles. The molecule has 0 aromatic carbocycles. The third kappa shape index (κ3) is 3.71. The number of nitrogen functional groups attached to an aromatic ring is 1. The quantitative estimate of drug-likeness (QED) is 0.620. The van der Waals surface area contributed by atoms with Crippen LogP contribution in [0.5, 0.6) is 0 Å². The molecule has 1 saturated carbocycles. The van der Waals surface area contributed by atoms with Crippen molar-refractivity contribution in [3.8, 4) is 0 Å². The Kier molecular flexibility index (Phi) is 4.60. The number of aromatic nitrogens is 5. The lowest BCUT2D eigenvalue weighted by molar-refractivity contribution is 0.0936. The van der Waals surface area contributed by atoms with Crippen LogP contribution in [-0.4, -0.2) is 43.7 Å². The molecule has 1 aliphatic heterocycles. The molecule has 3 aromatic rings. The Morgan fingerprint density at radius 2 is 2.03 bits per heavy atom. The largest absolute Gasteiger partial charge is 0.383 e. The Morgan fingerprint density at radius 1 is 1.21 bits per heavy atom. The van der Waals surface area contributed by atoms with E-state index in [0.717, 1.165) is 71.8 Å². The van der Waals surface area contributed by atoms with Gasteiger partial charge in [-0.05, 0) is 62.1 Å². The summed E-state index contributed by atoms with van der Waals surface area (Å²) >= 11 is 0. The van der Waals surface area contributed by atoms with Gasteiger partial charge in [0.25, 0.3) is 5.91 Å². The summed E-state index contributed by atoms with van der Waals surface area (Å²) in [6.45, 7) is 6.61. The summed E-state index contributed by atoms with van der Waals surface area (Å²) in [6.07, 6.45) is 8.29. The van der Waals surface area contributed by atoms with Crippen molar-refractivity contribution in [2.75, 3.05) is 23.7 Å². The first-order valence-electron chi connectivity index (χ1n) is 11.6. The first-order valence-corrected chi connectivity index (χ1v) is 11.6. The molecule has 1 amide bonds. The van der Waals surface area contributed by atoms with E-state index in [-0.39, 0.29) is 11.9 Å². The third-order valence-corrected chi connectivity index (χ3v) is 7.24. The number of carbonyl (C=O) groups excluding carboxylic acids is 1. The zero-order valence-electron chi connectivity index (χ0n) is 19.0. The van der Waals surface area contributed by atoms with E-state index in [2.05, 4.69) is 25.3 Å². The smallest absolute Gasteiger partial charge is 0.254 e. The zero-order valence-corrected chi connectivity index (χ0v) is 19.0. The first kappa shape index (κ1) is 20.1. The molecule has 9 heteroatoms. The second kappa shape index (κ2) is 7.54. The number of aryl methyl sites for hydroxylation is 2. The fourth-order valence-electron chi connectivity index (χ4n) is 5.26. The van der Waals surface area contributed by atoms with E-state index in [1.54, 1.807) is 17.1 Å². The molecular weight excluding hydrogens is 416 g/mol. The molecule has 2 aliphatic carbocycles. The number of pyridine rings is 1. The lowest BCUT2D eigenvalue weighted by atomic mass is 10.1. The highest BCUT2D eigenvalue weighted by Crippen LogP contribution is 2.45. The van der Waals surface area contributed by atoms with Crippen LogP contribution in [0.15, 0.2) is 24.7 Å². The van der Waals surface area contributed by atoms with Gasteiger partial charge in [0.15, 0.2) is 0 Å². The minimum atomic E-state index is -0.136. The Labute approximate surface area is 192 Å². The number of hydrogen-bond donors (Lipinski definition) is 2. The number of rotatable bonds is 5. The molecule has 1 saturated heterocycles. The van der Waals surface area contributed by atoms with E-state index in [0.29, 0.717) is 17.9 Å². The van der Waals surface area contributed by atoms with E-state index in [9.17, 15) is 4.79 Å². The number of nitrogens with zero attached hydrogens (tertiary/aromatic N) is 6. The van der Waals surface area contributed by atoms with Gasteiger partial charge in [0, 0.05) is 42.4 Å². The Bertz CT molecular complexity index is 1240. The molecule has 6 rings (SSSR count). The number of hydrogen-bond acceptors (Lipinski definition) is 7. The van der Waals surface area contributed by atoms with Gasteiger partial charge in [-0.25, -0.2) is 15.0 Å². The van der Waals surface area contributed by atoms with Crippen LogP contribution < -0.4 is 16.0 Å². The van der Waals surface area contributed by atoms with Gasteiger partial charge in [0.2, 0.25) is 5.95 Å². The maximum absolute atomic E-state index is 12.9. The zero-order chi connectivity index (χ0) is 22.7. The van der Waals surface area contributed by atoms with E-state index in [1.807, 2.05) is 26.1 Å². The molecule has 2 fully saturated rings. The fraction of sp³-hybridized carbons (Fsp3) is 0.458. The summed E-state index contributed by atoms with van der Waals surface area (Å²) in [5.74, 6) is 2.95. The van der Waals surface area contributed by atoms with Gasteiger partial charge in [-0.1, -0.05) is 0 Å². The van der Waals surface area contributed by atoms with Crippen molar-refractivity contribution in [3.05, 3.63) is 58.3 Å². The standard InChI is InChI=1S/C24H28N8O/c1-13-5-20-19(22(25)28-13)3-4-21(20)30-23(33)18-8-27-32(12-18)11-17-7-26-24(29-14(17)2)31-9-15-6-16(15)10-31/h5,7-8,12,15-16,21H,3-4,6,9-11H2,1-2H3,(H2,25,28)(H,30,33). The molecule has 3 aliphatic rings. The molecule has 3 atom stereocenters. The molecule has 3 unspecified atom stereocenters. The summed E-state index contributed by atoms with van der Waals surface area (Å²) in [5, 5.41) is 7.53. The topological polar surface area (TPSA) is 115 Å². The van der Waals surface area contributed by atoms with E-state index in [1.165, 1.54) is 6.42 Å². The van der Waals surface area contributed by atoms with E-state index < -0.39 is 0 Å². The molecule has 0 bridgehead atoms. The van der Waals surface area contributed by atoms with E-state index in [4.69, 9.17) is 10.7 Å². The lowest BCUT2D eigenvalue weighted by Crippen LogP contribution is -2.27. The van der Waals surface area contributed by atoms with Crippen LogP contribution >= 0.6 is 0 Å². The minimum Gasteiger partial charge on any atom is -0.383 e. The molecule has 0 radical (unpaired) electrons. The van der Waals surface area contributed by atoms with Crippen molar-refractivity contribution < 1.29 is 4.79 Å². The first-order chi connectivity index (χ1) is 15.9. The second-order valence-corrected chi connectivity index (χ2v) is 9.65. The molecule has 3 N–H and O–H groups in total. The average Bonchev–Trinajstić information content (AvgIpc) is 3.16. The monoisotopic (exact) mass is 444 g/mol. The van der Waals surface area contributed by atoms with Crippen molar-refractivity contribution in [1.82, 2.24) is 30.0 Å². The number of nitrogens with one attached hydrogen (secondary N) is 1. The minimum absolute atomic E-state index is 0.0559. The predicted molar refractivity (Wildman–Crippen MR) is 124 cm³/mol. The fourth-order valence-corrected chi connectivity index (χ4v) is 5.26. The molecule has 33 heavy (non-hydrogen) atoms. The van der Waals surface area contributed by atoms with Crippen molar-refractivity contribution >= 4 is 17.7 Å². The van der Waals surface area contributed by atoms with Crippen LogP contribution in [0.3, 0.4) is 0 Å². The Morgan fingerprint density at radius 3 is 2.82 bits per heavy atom. The number of nitrogens with two attached hydrogens (primary N) is 1. The number of fused-ring (bicyclic) bond motifs is 2. The van der Waals surface area contributed by atoms with Crippen LogP contribution in [0.1, 0.15) is 57.3 Å². The van der Waals surface area contributed by atoms with Crippen molar-refractivity contribution in [3.63, 3.8) is 0 Å². The lowest BCUT2D eigenvalue weighted by Gasteiger charge is -2.18. The van der Waals surface area contributed by atoms with Crippen LogP contribution in [0.25, 0.3) is 0 Å². The van der Waals surface area contributed by atoms with Crippen LogP contribution in [0.4, 0.5) is 11.8 Å². The van der Waals surface area contributed by atoms with Crippen molar-refractivity contribution in [2.24, 2.45) is 11.8 Å². The summed E-state index contributed by atoms with van der Waals surface area (Å²) in [4.78, 5) is 28.9. The average molecular weight is 445 g/mol. The maximum atomic E-state index is 12.9. The number of piperidine rings is 1. The SMILES string of the molecule is Cc1cc2c(c(N)n1)CCC2NC(=O)c1cnn(Cc2cnc(N3CC4CC4C3)nc2C)c1. The van der Waals surface area contributed by atoms with E-state index >= 15 is 0 Å². The second-order valence-electron chi connectivity index (χ2n) is 9.65. The molecule has 170 valence electrons. The van der Waals surface area contributed by atoms with Gasteiger partial charge in [0.05, 0.1) is 24.3 Å². The highest BCUT2D eigenvalue weighted by atomic mass is 16.1. The normalized spacial score (nSPS) is 22.8. The van der Waals surface area contributed by atoms with Crippen LogP contribution in [0.2, 0.25) is 0 Å². The highest BCUT2D eigenvalue weighted by Gasteiger charge is 2.45. The van der Waals surface area contributed by atoms with Crippen LogP contribution in [0, 0.1) is 25.7 Å². The van der Waals surface area contributed by atoms with Gasteiger partial charge < -0.3 is 16.0 Å². The number of carbonyl (C=O) groups is 1. The van der Waals surface area contributed by atoms with Crippen molar-refractivity contribution in [1.29, 1.82) is 0 Å². The maximum Gasteiger partial charge on any atom is 0.254 e. The van der Waals surface area contributed by atoms with Crippen molar-refractivity contribution in [2.45, 2.75) is 45.7 Å². The summed E-state index contributed by atoms with van der Waals surface area (Å²) in [7, 11) is 0. The third-order valence-electron chi connectivity index (χ3n) is 7.24. The van der Waals surface area contributed by atoms with Gasteiger partial charge >= 0.3 is 0 Å². The summed E-state index contributed by atoms with van der Waals surface area (Å²) < 4.78 is 1.76.